The molecule has 3 aromatic carbocycles. The quantitative estimate of drug-likeness (QED) is 0.0936. The summed E-state index contributed by atoms with van der Waals surface area (Å²) in [7, 11) is -3.84. The van der Waals surface area contributed by atoms with Crippen LogP contribution in [0.15, 0.2) is 109 Å². The first-order chi connectivity index (χ1) is 40.7. The molecule has 2 saturated heterocycles. The number of ether oxygens (including phenoxy) is 2. The number of halogens is 2. The van der Waals surface area contributed by atoms with E-state index in [1.54, 1.807) is 55.0 Å². The van der Waals surface area contributed by atoms with Gasteiger partial charge in [0.05, 0.1) is 44.2 Å². The van der Waals surface area contributed by atoms with Gasteiger partial charge in [0, 0.05) is 78.1 Å². The third-order valence-corrected chi connectivity index (χ3v) is 19.5. The smallest absolute Gasteiger partial charge is 0.410 e. The van der Waals surface area contributed by atoms with Gasteiger partial charge >= 0.3 is 12.2 Å². The summed E-state index contributed by atoms with van der Waals surface area (Å²) in [5, 5.41) is 9.85. The van der Waals surface area contributed by atoms with Gasteiger partial charge in [-0.15, -0.1) is 0 Å². The number of carbonyl (C=O) groups excluding carboxylic acids is 2. The van der Waals surface area contributed by atoms with Crippen LogP contribution in [-0.4, -0.2) is 109 Å². The maximum absolute atomic E-state index is 13.6. The van der Waals surface area contributed by atoms with Crippen molar-refractivity contribution in [2.24, 2.45) is 23.7 Å². The lowest BCUT2D eigenvalue weighted by Crippen LogP contribution is -2.43. The Bertz CT molecular complexity index is 3510. The first kappa shape index (κ1) is 61.7. The summed E-state index contributed by atoms with van der Waals surface area (Å²) in [5.41, 5.74) is 3.58. The first-order valence-electron chi connectivity index (χ1n) is 30.7. The van der Waals surface area contributed by atoms with Crippen molar-refractivity contribution in [3.8, 4) is 22.5 Å². The zero-order valence-corrected chi connectivity index (χ0v) is 52.5. The van der Waals surface area contributed by atoms with Crippen molar-refractivity contribution in [3.05, 3.63) is 114 Å². The van der Waals surface area contributed by atoms with Crippen molar-refractivity contribution >= 4 is 79.1 Å². The van der Waals surface area contributed by atoms with E-state index in [0.29, 0.717) is 62.5 Å². The fraction of sp³-hybridized carbons (Fsp3) is 0.515. The Labute approximate surface area is 511 Å². The molecule has 4 aliphatic rings. The third kappa shape index (κ3) is 16.0. The van der Waals surface area contributed by atoms with Crippen molar-refractivity contribution in [2.45, 2.75) is 172 Å². The van der Waals surface area contributed by atoms with Gasteiger partial charge in [0.15, 0.2) is 0 Å². The maximum atomic E-state index is 13.6. The van der Waals surface area contributed by atoms with Gasteiger partial charge in [0.25, 0.3) is 10.0 Å². The van der Waals surface area contributed by atoms with Crippen LogP contribution < -0.4 is 10.6 Å². The molecule has 0 bridgehead atoms. The molecule has 4 fully saturated rings. The summed E-state index contributed by atoms with van der Waals surface area (Å²) in [6.07, 6.45) is 24.7. The standard InChI is InChI=1S/C36H44ClN5O4S.C30H40ClN5O2/c1-36(2,3)46-35(43)41-21-9-10-26(23-41)16-15-25-17-19-27(20-18-25)39-34-38-22-31(37)33(40-34)30-24-42(32-14-8-7-13-29(30)32)47(44,45)28-11-5-4-6-12-28;1-30(2,3)38-29(37)36-16-6-7-21(19-36)11-10-20-12-14-22(15-13-20)34-28-33-18-25(31)27(35-28)24-17-32-26-9-5-4-8-23(24)26/h4-8,11-14,22,24-27H,9-10,15-21,23H2,1-3H3,(H,38,39,40);4-5,8-9,17-18,20-22,32H,6-7,10-16,19H2,1-3H3,(H,33,34,35). The summed E-state index contributed by atoms with van der Waals surface area (Å²) in [6, 6.07) is 24.6. The van der Waals surface area contributed by atoms with Crippen LogP contribution in [0.3, 0.4) is 0 Å². The molecule has 0 radical (unpaired) electrons. The van der Waals surface area contributed by atoms with E-state index in [2.05, 4.69) is 37.7 Å². The van der Waals surface area contributed by atoms with E-state index in [1.807, 2.05) is 87.9 Å². The van der Waals surface area contributed by atoms with Crippen molar-refractivity contribution in [1.29, 1.82) is 0 Å². The highest BCUT2D eigenvalue weighted by atomic mass is 35.5. The van der Waals surface area contributed by atoms with Crippen LogP contribution in [0.25, 0.3) is 44.3 Å². The maximum Gasteiger partial charge on any atom is 0.410 e. The van der Waals surface area contributed by atoms with Gasteiger partial charge < -0.3 is 34.9 Å². The average molecular weight is 1220 g/mol. The second-order valence-corrected chi connectivity index (χ2v) is 28.6. The second-order valence-electron chi connectivity index (χ2n) is 25.9. The minimum Gasteiger partial charge on any atom is -0.444 e. The minimum absolute atomic E-state index is 0.161. The third-order valence-electron chi connectivity index (χ3n) is 17.2. The number of hydrogen-bond donors (Lipinski definition) is 3. The highest BCUT2D eigenvalue weighted by Crippen LogP contribution is 2.39. The highest BCUT2D eigenvalue weighted by molar-refractivity contribution is 7.90. The molecule has 19 heteroatoms. The van der Waals surface area contributed by atoms with E-state index >= 15 is 0 Å². The molecular formula is C66H84Cl2N10O6S. The lowest BCUT2D eigenvalue weighted by atomic mass is 9.81. The number of hydrogen-bond acceptors (Lipinski definition) is 12. The molecule has 2 atom stereocenters. The number of likely N-dealkylation sites (tertiary alicyclic amines) is 2. The van der Waals surface area contributed by atoms with Crippen LogP contribution >= 0.6 is 23.2 Å². The number of aromatic amines is 1. The van der Waals surface area contributed by atoms with Crippen LogP contribution in [0.4, 0.5) is 21.5 Å². The summed E-state index contributed by atoms with van der Waals surface area (Å²) in [6.45, 7) is 14.8. The zero-order chi connectivity index (χ0) is 59.9. The van der Waals surface area contributed by atoms with Gasteiger partial charge in [-0.25, -0.2) is 41.9 Å². The molecule has 3 N–H and O–H groups in total. The van der Waals surface area contributed by atoms with Crippen molar-refractivity contribution < 1.29 is 27.5 Å². The van der Waals surface area contributed by atoms with Gasteiger partial charge in [0.1, 0.15) is 11.2 Å². The molecule has 11 rings (SSSR count). The molecule has 4 aromatic heterocycles. The van der Waals surface area contributed by atoms with Crippen LogP contribution in [-0.2, 0) is 19.5 Å². The molecule has 6 heterocycles. The Morgan fingerprint density at radius 1 is 0.588 bits per heavy atom. The van der Waals surface area contributed by atoms with E-state index in [-0.39, 0.29) is 23.1 Å². The molecule has 454 valence electrons. The minimum atomic E-state index is -3.84. The summed E-state index contributed by atoms with van der Waals surface area (Å²) >= 11 is 13.2. The summed E-state index contributed by atoms with van der Waals surface area (Å²) in [5.74, 6) is 3.66. The van der Waals surface area contributed by atoms with Gasteiger partial charge in [-0.2, -0.15) is 0 Å². The van der Waals surface area contributed by atoms with Crippen LogP contribution in [0.2, 0.25) is 10.0 Å². The van der Waals surface area contributed by atoms with Crippen LogP contribution in [0.1, 0.15) is 144 Å². The predicted octanol–water partition coefficient (Wildman–Crippen LogP) is 16.1. The van der Waals surface area contributed by atoms with E-state index in [4.69, 9.17) is 42.6 Å². The number of anilines is 2. The molecule has 2 aliphatic heterocycles. The van der Waals surface area contributed by atoms with E-state index in [9.17, 15) is 18.0 Å². The normalized spacial score (nSPS) is 21.5. The molecule has 85 heavy (non-hydrogen) atoms. The van der Waals surface area contributed by atoms with Crippen molar-refractivity contribution in [3.63, 3.8) is 0 Å². The number of H-pyrrole nitrogens is 1. The van der Waals surface area contributed by atoms with Gasteiger partial charge in [-0.1, -0.05) is 90.6 Å². The zero-order valence-electron chi connectivity index (χ0n) is 50.2. The largest absolute Gasteiger partial charge is 0.444 e. The number of fused-ring (bicyclic) bond motifs is 2. The number of benzene rings is 3. The molecule has 7 aromatic rings. The van der Waals surface area contributed by atoms with Crippen LogP contribution in [0, 0.1) is 23.7 Å². The number of carbonyl (C=O) groups is 2. The molecule has 2 saturated carbocycles. The monoisotopic (exact) mass is 1210 g/mol. The molecule has 2 amide bonds. The molecule has 2 aliphatic carbocycles. The van der Waals surface area contributed by atoms with Gasteiger partial charge in [-0.05, 0) is 179 Å². The summed E-state index contributed by atoms with van der Waals surface area (Å²) < 4.78 is 39.8. The fourth-order valence-corrected chi connectivity index (χ4v) is 14.6. The Hall–Kier alpha value is -6.43. The number of rotatable bonds is 14. The lowest BCUT2D eigenvalue weighted by Gasteiger charge is -2.35. The Morgan fingerprint density at radius 3 is 1.56 bits per heavy atom. The lowest BCUT2D eigenvalue weighted by molar-refractivity contribution is 0.0148. The fourth-order valence-electron chi connectivity index (χ4n) is 12.8. The number of nitrogens with zero attached hydrogens (tertiary/aromatic N) is 7. The topological polar surface area (TPSA) is 190 Å². The Balaban J connectivity index is 0.000000193. The first-order valence-corrected chi connectivity index (χ1v) is 32.9. The average Bonchev–Trinajstić information content (AvgIpc) is 4.16. The van der Waals surface area contributed by atoms with Crippen molar-refractivity contribution in [1.82, 2.24) is 38.7 Å². The van der Waals surface area contributed by atoms with Gasteiger partial charge in [-0.3, -0.25) is 0 Å². The van der Waals surface area contributed by atoms with Crippen LogP contribution in [0.5, 0.6) is 0 Å². The van der Waals surface area contributed by atoms with Gasteiger partial charge in [0.2, 0.25) is 11.9 Å². The van der Waals surface area contributed by atoms with E-state index < -0.39 is 21.2 Å². The van der Waals surface area contributed by atoms with Crippen molar-refractivity contribution in [2.75, 3.05) is 36.8 Å². The second kappa shape index (κ2) is 27.1. The number of piperidine rings is 2. The summed E-state index contributed by atoms with van der Waals surface area (Å²) in [4.78, 5) is 51.0. The van der Waals surface area contributed by atoms with E-state index in [1.165, 1.54) is 48.9 Å². The Morgan fingerprint density at radius 2 is 1.05 bits per heavy atom. The molecule has 2 unspecified atom stereocenters. The number of aromatic nitrogens is 6. The number of amides is 2. The Kier molecular flexibility index (Phi) is 19.6. The van der Waals surface area contributed by atoms with E-state index in [0.717, 1.165) is 117 Å². The number of nitrogens with one attached hydrogen (secondary N) is 3. The highest BCUT2D eigenvalue weighted by Gasteiger charge is 2.32. The predicted molar refractivity (Wildman–Crippen MR) is 340 cm³/mol. The SMILES string of the molecule is CC(C)(C)OC(=O)N1CCCC(CCC2CCC(Nc3ncc(Cl)c(-c4c[nH]c5ccccc45)n3)CC2)C1.CC(C)(C)OC(=O)N1CCCC(CCC2CCC(Nc3ncc(Cl)c(-c4cn(S(=O)(=O)c5ccccc5)c5ccccc45)n3)CC2)C1. The number of para-hydroxylation sites is 2. The molecular weight excluding hydrogens is 1130 g/mol. The molecule has 16 nitrogen and oxygen atoms in total. The molecule has 0 spiro atoms.